The van der Waals surface area contributed by atoms with E-state index in [1.165, 1.54) is 6.92 Å². The van der Waals surface area contributed by atoms with Crippen molar-refractivity contribution in [2.45, 2.75) is 31.8 Å². The Kier molecular flexibility index (Phi) is 2.24. The Morgan fingerprint density at radius 2 is 2.06 bits per heavy atom. The highest BCUT2D eigenvalue weighted by atomic mass is 16.7. The van der Waals surface area contributed by atoms with E-state index in [4.69, 9.17) is 14.2 Å². The van der Waals surface area contributed by atoms with E-state index in [1.54, 1.807) is 0 Å². The largest absolute Gasteiger partial charge is 0.454 e. The van der Waals surface area contributed by atoms with Crippen molar-refractivity contribution in [3.8, 4) is 11.5 Å². The molecule has 1 aliphatic heterocycles. The summed E-state index contributed by atoms with van der Waals surface area (Å²) in [5.74, 6) is 1.26. The smallest absolute Gasteiger partial charge is 0.303 e. The zero-order valence-electron chi connectivity index (χ0n) is 9.69. The summed E-state index contributed by atoms with van der Waals surface area (Å²) in [5.41, 5.74) is 0.565. The van der Waals surface area contributed by atoms with Gasteiger partial charge in [-0.3, -0.25) is 4.79 Å². The van der Waals surface area contributed by atoms with E-state index in [1.807, 2.05) is 18.2 Å². The van der Waals surface area contributed by atoms with Gasteiger partial charge in [-0.2, -0.15) is 0 Å². The predicted octanol–water partition coefficient (Wildman–Crippen LogP) is 2.36. The summed E-state index contributed by atoms with van der Waals surface area (Å²) >= 11 is 0. The molecule has 1 aromatic rings. The van der Waals surface area contributed by atoms with Crippen molar-refractivity contribution >= 4 is 5.97 Å². The molecule has 17 heavy (non-hydrogen) atoms. The Hall–Kier alpha value is -1.71. The minimum Gasteiger partial charge on any atom is -0.454 e. The molecule has 0 aromatic heterocycles. The van der Waals surface area contributed by atoms with Gasteiger partial charge in [0, 0.05) is 6.92 Å². The molecule has 1 aliphatic carbocycles. The van der Waals surface area contributed by atoms with Gasteiger partial charge in [-0.1, -0.05) is 6.07 Å². The summed E-state index contributed by atoms with van der Waals surface area (Å²) in [6, 6.07) is 5.75. The van der Waals surface area contributed by atoms with Crippen LogP contribution in [-0.4, -0.2) is 12.8 Å². The van der Waals surface area contributed by atoms with Crippen molar-refractivity contribution in [2.75, 3.05) is 6.79 Å². The molecule has 0 saturated heterocycles. The Labute approximate surface area is 99.5 Å². The van der Waals surface area contributed by atoms with Crippen molar-refractivity contribution in [2.24, 2.45) is 0 Å². The molecule has 0 bridgehead atoms. The van der Waals surface area contributed by atoms with Crippen LogP contribution in [0.4, 0.5) is 0 Å². The van der Waals surface area contributed by atoms with Crippen LogP contribution in [0.25, 0.3) is 0 Å². The van der Waals surface area contributed by atoms with Gasteiger partial charge in [-0.15, -0.1) is 0 Å². The first kappa shape index (κ1) is 10.4. The quantitative estimate of drug-likeness (QED) is 0.737. The normalized spacial score (nSPS) is 19.6. The summed E-state index contributed by atoms with van der Waals surface area (Å²) in [6.07, 6.45) is 2.85. The highest BCUT2D eigenvalue weighted by molar-refractivity contribution is 5.67. The van der Waals surface area contributed by atoms with Crippen molar-refractivity contribution in [1.82, 2.24) is 0 Å². The van der Waals surface area contributed by atoms with Gasteiger partial charge in [-0.05, 0) is 37.0 Å². The molecule has 1 heterocycles. The fourth-order valence-corrected chi connectivity index (χ4v) is 2.40. The summed E-state index contributed by atoms with van der Waals surface area (Å²) in [7, 11) is 0. The van der Waals surface area contributed by atoms with E-state index >= 15 is 0 Å². The number of carbonyl (C=O) groups excluding carboxylic acids is 1. The molecule has 4 heteroatoms. The molecular weight excluding hydrogens is 220 g/mol. The third kappa shape index (κ3) is 1.64. The van der Waals surface area contributed by atoms with Crippen LogP contribution in [-0.2, 0) is 15.1 Å². The number of carbonyl (C=O) groups is 1. The van der Waals surface area contributed by atoms with Crippen molar-refractivity contribution in [1.29, 1.82) is 0 Å². The van der Waals surface area contributed by atoms with Crippen LogP contribution in [0.3, 0.4) is 0 Å². The molecular formula is C13H14O4. The van der Waals surface area contributed by atoms with Crippen molar-refractivity contribution < 1.29 is 19.0 Å². The molecule has 90 valence electrons. The number of esters is 1. The highest BCUT2D eigenvalue weighted by Gasteiger charge is 2.42. The van der Waals surface area contributed by atoms with E-state index in [-0.39, 0.29) is 12.8 Å². The van der Waals surface area contributed by atoms with Crippen LogP contribution >= 0.6 is 0 Å². The number of benzene rings is 1. The maximum atomic E-state index is 11.2. The van der Waals surface area contributed by atoms with Gasteiger partial charge in [0.05, 0.1) is 0 Å². The molecule has 0 N–H and O–H groups in total. The van der Waals surface area contributed by atoms with Gasteiger partial charge < -0.3 is 14.2 Å². The Balaban J connectivity index is 1.94. The van der Waals surface area contributed by atoms with Crippen LogP contribution in [0.1, 0.15) is 31.7 Å². The molecule has 0 atom stereocenters. The molecule has 0 spiro atoms. The number of rotatable bonds is 2. The maximum absolute atomic E-state index is 11.2. The lowest BCUT2D eigenvalue weighted by Gasteiger charge is -2.41. The number of hydrogen-bond donors (Lipinski definition) is 0. The highest BCUT2D eigenvalue weighted by Crippen LogP contribution is 2.47. The van der Waals surface area contributed by atoms with Crippen LogP contribution in [0.15, 0.2) is 18.2 Å². The lowest BCUT2D eigenvalue weighted by atomic mass is 9.74. The molecule has 2 aliphatic rings. The number of fused-ring (bicyclic) bond motifs is 1. The summed E-state index contributed by atoms with van der Waals surface area (Å²) < 4.78 is 16.1. The SMILES string of the molecule is CC(=O)OC1(c2ccc3c(c2)OCO3)CCC1. The summed E-state index contributed by atoms with van der Waals surface area (Å²) in [6.45, 7) is 1.71. The second-order valence-electron chi connectivity index (χ2n) is 4.51. The van der Waals surface area contributed by atoms with Gasteiger partial charge in [0.15, 0.2) is 11.5 Å². The average molecular weight is 234 g/mol. The minimum absolute atomic E-state index is 0.234. The average Bonchev–Trinajstić information content (AvgIpc) is 2.69. The van der Waals surface area contributed by atoms with E-state index < -0.39 is 5.60 Å². The third-order valence-corrected chi connectivity index (χ3v) is 3.40. The fraction of sp³-hybridized carbons (Fsp3) is 0.462. The minimum atomic E-state index is -0.438. The lowest BCUT2D eigenvalue weighted by molar-refractivity contribution is -0.168. The molecule has 0 amide bonds. The van der Waals surface area contributed by atoms with Gasteiger partial charge in [0.1, 0.15) is 5.60 Å². The van der Waals surface area contributed by atoms with Crippen LogP contribution in [0, 0.1) is 0 Å². The first-order valence-corrected chi connectivity index (χ1v) is 5.79. The van der Waals surface area contributed by atoms with Gasteiger partial charge in [-0.25, -0.2) is 0 Å². The summed E-state index contributed by atoms with van der Waals surface area (Å²) in [5, 5.41) is 0. The van der Waals surface area contributed by atoms with Crippen molar-refractivity contribution in [3.05, 3.63) is 23.8 Å². The Morgan fingerprint density at radius 3 is 2.71 bits per heavy atom. The van der Waals surface area contributed by atoms with Crippen LogP contribution < -0.4 is 9.47 Å². The molecule has 1 aromatic carbocycles. The first-order chi connectivity index (χ1) is 8.20. The van der Waals surface area contributed by atoms with E-state index in [0.717, 1.165) is 36.3 Å². The predicted molar refractivity (Wildman–Crippen MR) is 59.9 cm³/mol. The maximum Gasteiger partial charge on any atom is 0.303 e. The Bertz CT molecular complexity index is 462. The fourth-order valence-electron chi connectivity index (χ4n) is 2.40. The van der Waals surface area contributed by atoms with Crippen LogP contribution in [0.5, 0.6) is 11.5 Å². The van der Waals surface area contributed by atoms with E-state index in [9.17, 15) is 4.79 Å². The zero-order valence-corrected chi connectivity index (χ0v) is 9.69. The standard InChI is InChI=1S/C13H14O4/c1-9(14)17-13(5-2-6-13)10-3-4-11-12(7-10)16-8-15-11/h3-4,7H,2,5-6,8H2,1H3. The second-order valence-corrected chi connectivity index (χ2v) is 4.51. The third-order valence-electron chi connectivity index (χ3n) is 3.40. The van der Waals surface area contributed by atoms with Gasteiger partial charge in [0.25, 0.3) is 0 Å². The van der Waals surface area contributed by atoms with Gasteiger partial charge >= 0.3 is 5.97 Å². The summed E-state index contributed by atoms with van der Waals surface area (Å²) in [4.78, 5) is 11.2. The molecule has 4 nitrogen and oxygen atoms in total. The van der Waals surface area contributed by atoms with Crippen LogP contribution in [0.2, 0.25) is 0 Å². The van der Waals surface area contributed by atoms with Crippen molar-refractivity contribution in [3.63, 3.8) is 0 Å². The number of hydrogen-bond acceptors (Lipinski definition) is 4. The molecule has 0 radical (unpaired) electrons. The monoisotopic (exact) mass is 234 g/mol. The first-order valence-electron chi connectivity index (χ1n) is 5.79. The molecule has 1 saturated carbocycles. The van der Waals surface area contributed by atoms with Gasteiger partial charge in [0.2, 0.25) is 6.79 Å². The Morgan fingerprint density at radius 1 is 1.29 bits per heavy atom. The lowest BCUT2D eigenvalue weighted by Crippen LogP contribution is -2.38. The molecule has 1 fully saturated rings. The topological polar surface area (TPSA) is 44.8 Å². The van der Waals surface area contributed by atoms with E-state index in [0.29, 0.717) is 0 Å². The number of ether oxygens (including phenoxy) is 3. The molecule has 0 unspecified atom stereocenters. The zero-order chi connectivity index (χ0) is 11.9. The van der Waals surface area contributed by atoms with E-state index in [2.05, 4.69) is 0 Å². The molecule has 3 rings (SSSR count). The second kappa shape index (κ2) is 3.65.